The van der Waals surface area contributed by atoms with E-state index < -0.39 is 0 Å². The van der Waals surface area contributed by atoms with Gasteiger partial charge in [-0.2, -0.15) is 0 Å². The normalized spacial score (nSPS) is 17.6. The summed E-state index contributed by atoms with van der Waals surface area (Å²) in [6.07, 6.45) is 7.09. The Labute approximate surface area is 127 Å². The first-order chi connectivity index (χ1) is 10.3. The maximum Gasteiger partial charge on any atom is 0.320 e. The van der Waals surface area contributed by atoms with Crippen LogP contribution in [0.15, 0.2) is 18.3 Å². The molecule has 0 saturated carbocycles. The van der Waals surface area contributed by atoms with Gasteiger partial charge >= 0.3 is 5.97 Å². The van der Waals surface area contributed by atoms with E-state index in [4.69, 9.17) is 4.74 Å². The fourth-order valence-corrected chi connectivity index (χ4v) is 3.00. The topological polar surface area (TPSA) is 42.4 Å². The summed E-state index contributed by atoms with van der Waals surface area (Å²) in [7, 11) is 0. The molecule has 0 unspecified atom stereocenters. The van der Waals surface area contributed by atoms with Gasteiger partial charge in [-0.15, -0.1) is 0 Å². The first kappa shape index (κ1) is 16.0. The van der Waals surface area contributed by atoms with E-state index in [0.717, 1.165) is 44.3 Å². The van der Waals surface area contributed by atoms with E-state index in [-0.39, 0.29) is 12.0 Å². The number of hydrogen-bond acceptors (Lipinski definition) is 4. The Morgan fingerprint density at radius 2 is 2.29 bits per heavy atom. The summed E-state index contributed by atoms with van der Waals surface area (Å²) in [6, 6.07) is 4.42. The van der Waals surface area contributed by atoms with Crippen molar-refractivity contribution >= 4 is 5.97 Å². The van der Waals surface area contributed by atoms with Crippen molar-refractivity contribution < 1.29 is 9.53 Å². The Morgan fingerprint density at radius 1 is 1.43 bits per heavy atom. The average molecular weight is 290 g/mol. The molecule has 0 spiro atoms. The minimum absolute atomic E-state index is 0.117. The van der Waals surface area contributed by atoms with Crippen molar-refractivity contribution in [2.24, 2.45) is 0 Å². The molecule has 1 aromatic rings. The summed E-state index contributed by atoms with van der Waals surface area (Å²) in [5.41, 5.74) is 2.48. The van der Waals surface area contributed by atoms with E-state index in [1.165, 1.54) is 5.56 Å². The standard InChI is InChI=1S/C17H26N2O2/c1-3-11-19(13-16(20)21-12-4-2)15-9-5-7-14-8-6-10-18-17(14)15/h6,8,10,15H,3-5,7,9,11-13H2,1-2H3/t15-/m1/s1. The molecule has 0 aliphatic heterocycles. The summed E-state index contributed by atoms with van der Waals surface area (Å²) in [5, 5.41) is 0. The fourth-order valence-electron chi connectivity index (χ4n) is 3.00. The number of carbonyl (C=O) groups excluding carboxylic acids is 1. The molecule has 21 heavy (non-hydrogen) atoms. The maximum atomic E-state index is 12.0. The Morgan fingerprint density at radius 3 is 3.05 bits per heavy atom. The minimum Gasteiger partial charge on any atom is -0.465 e. The highest BCUT2D eigenvalue weighted by atomic mass is 16.5. The van der Waals surface area contributed by atoms with E-state index in [1.54, 1.807) is 0 Å². The number of aryl methyl sites for hydroxylation is 1. The van der Waals surface area contributed by atoms with Gasteiger partial charge in [0.05, 0.1) is 24.9 Å². The van der Waals surface area contributed by atoms with Crippen LogP contribution in [-0.2, 0) is 16.0 Å². The Balaban J connectivity index is 2.09. The van der Waals surface area contributed by atoms with E-state index >= 15 is 0 Å². The molecule has 1 atom stereocenters. The lowest BCUT2D eigenvalue weighted by Crippen LogP contribution is -2.37. The second-order valence-electron chi connectivity index (χ2n) is 5.65. The highest BCUT2D eigenvalue weighted by molar-refractivity contribution is 5.71. The molecule has 0 fully saturated rings. The summed E-state index contributed by atoms with van der Waals surface area (Å²) in [4.78, 5) is 18.8. The molecule has 116 valence electrons. The zero-order valence-electron chi connectivity index (χ0n) is 13.2. The van der Waals surface area contributed by atoms with E-state index in [2.05, 4.69) is 22.9 Å². The van der Waals surface area contributed by atoms with Crippen LogP contribution in [0.5, 0.6) is 0 Å². The third kappa shape index (κ3) is 4.27. The van der Waals surface area contributed by atoms with Crippen molar-refractivity contribution in [3.05, 3.63) is 29.6 Å². The predicted molar refractivity (Wildman–Crippen MR) is 83.0 cm³/mol. The molecule has 0 radical (unpaired) electrons. The third-order valence-corrected chi connectivity index (χ3v) is 3.92. The lowest BCUT2D eigenvalue weighted by atomic mass is 9.90. The van der Waals surface area contributed by atoms with Crippen LogP contribution in [0.2, 0.25) is 0 Å². The number of esters is 1. The van der Waals surface area contributed by atoms with Gasteiger partial charge in [0.1, 0.15) is 0 Å². The summed E-state index contributed by atoms with van der Waals surface area (Å²) < 4.78 is 5.25. The zero-order chi connectivity index (χ0) is 15.1. The van der Waals surface area contributed by atoms with Crippen molar-refractivity contribution in [1.82, 2.24) is 9.88 Å². The average Bonchev–Trinajstić information content (AvgIpc) is 2.52. The molecule has 4 heteroatoms. The number of ether oxygens (including phenoxy) is 1. The summed E-state index contributed by atoms with van der Waals surface area (Å²) >= 11 is 0. The maximum absolute atomic E-state index is 12.0. The highest BCUT2D eigenvalue weighted by Crippen LogP contribution is 2.32. The number of hydrogen-bond donors (Lipinski definition) is 0. The number of pyridine rings is 1. The van der Waals surface area contributed by atoms with E-state index in [0.29, 0.717) is 13.2 Å². The number of nitrogens with zero attached hydrogens (tertiary/aromatic N) is 2. The second kappa shape index (κ2) is 8.13. The van der Waals surface area contributed by atoms with Gasteiger partial charge in [-0.3, -0.25) is 14.7 Å². The molecule has 1 aliphatic rings. The molecule has 0 amide bonds. The van der Waals surface area contributed by atoms with Crippen LogP contribution < -0.4 is 0 Å². The molecule has 1 aliphatic carbocycles. The molecular formula is C17H26N2O2. The van der Waals surface area contributed by atoms with E-state index in [1.807, 2.05) is 19.2 Å². The first-order valence-corrected chi connectivity index (χ1v) is 8.09. The second-order valence-corrected chi connectivity index (χ2v) is 5.65. The molecule has 1 heterocycles. The van der Waals surface area contributed by atoms with Gasteiger partial charge in [-0.1, -0.05) is 19.9 Å². The molecule has 2 rings (SSSR count). The smallest absolute Gasteiger partial charge is 0.320 e. The minimum atomic E-state index is -0.117. The predicted octanol–water partition coefficient (Wildman–Crippen LogP) is 3.12. The number of carbonyl (C=O) groups is 1. The van der Waals surface area contributed by atoms with Gasteiger partial charge in [0.2, 0.25) is 0 Å². The van der Waals surface area contributed by atoms with Crippen LogP contribution in [0, 0.1) is 0 Å². The van der Waals surface area contributed by atoms with Crippen molar-refractivity contribution in [2.45, 2.75) is 52.0 Å². The largest absolute Gasteiger partial charge is 0.465 e. The monoisotopic (exact) mass is 290 g/mol. The summed E-state index contributed by atoms with van der Waals surface area (Å²) in [6.45, 7) is 5.94. The molecule has 0 N–H and O–H groups in total. The van der Waals surface area contributed by atoms with Gasteiger partial charge in [0.15, 0.2) is 0 Å². The van der Waals surface area contributed by atoms with E-state index in [9.17, 15) is 4.79 Å². The Hall–Kier alpha value is -1.42. The van der Waals surface area contributed by atoms with Gasteiger partial charge in [0.25, 0.3) is 0 Å². The van der Waals surface area contributed by atoms with Gasteiger partial charge in [-0.05, 0) is 50.3 Å². The van der Waals surface area contributed by atoms with Crippen LogP contribution in [0.3, 0.4) is 0 Å². The van der Waals surface area contributed by atoms with Gasteiger partial charge in [0, 0.05) is 6.20 Å². The van der Waals surface area contributed by atoms with Crippen LogP contribution in [-0.4, -0.2) is 35.5 Å². The molecular weight excluding hydrogens is 264 g/mol. The molecule has 0 aromatic carbocycles. The van der Waals surface area contributed by atoms with Crippen molar-refractivity contribution in [2.75, 3.05) is 19.7 Å². The fraction of sp³-hybridized carbons (Fsp3) is 0.647. The highest BCUT2D eigenvalue weighted by Gasteiger charge is 2.28. The van der Waals surface area contributed by atoms with Crippen molar-refractivity contribution in [3.8, 4) is 0 Å². The van der Waals surface area contributed by atoms with Gasteiger partial charge < -0.3 is 4.74 Å². The van der Waals surface area contributed by atoms with Crippen molar-refractivity contribution in [1.29, 1.82) is 0 Å². The SMILES string of the molecule is CCCOC(=O)CN(CCC)[C@@H]1CCCc2cccnc21. The molecule has 0 bridgehead atoms. The van der Waals surface area contributed by atoms with Gasteiger partial charge in [-0.25, -0.2) is 0 Å². The van der Waals surface area contributed by atoms with Crippen LogP contribution in [0.25, 0.3) is 0 Å². The molecule has 1 aromatic heterocycles. The quantitative estimate of drug-likeness (QED) is 0.724. The Kier molecular flexibility index (Phi) is 6.18. The molecule has 4 nitrogen and oxygen atoms in total. The van der Waals surface area contributed by atoms with Crippen LogP contribution in [0.1, 0.15) is 56.8 Å². The first-order valence-electron chi connectivity index (χ1n) is 8.09. The molecule has 0 saturated heterocycles. The van der Waals surface area contributed by atoms with Crippen LogP contribution in [0.4, 0.5) is 0 Å². The third-order valence-electron chi connectivity index (χ3n) is 3.92. The van der Waals surface area contributed by atoms with Crippen molar-refractivity contribution in [3.63, 3.8) is 0 Å². The zero-order valence-corrected chi connectivity index (χ0v) is 13.2. The lowest BCUT2D eigenvalue weighted by Gasteiger charge is -2.34. The Bertz CT molecular complexity index is 462. The number of fused-ring (bicyclic) bond motifs is 1. The number of rotatable bonds is 7. The van der Waals surface area contributed by atoms with Crippen LogP contribution >= 0.6 is 0 Å². The summed E-state index contributed by atoms with van der Waals surface area (Å²) in [5.74, 6) is -0.117. The lowest BCUT2D eigenvalue weighted by molar-refractivity contribution is -0.145. The number of aromatic nitrogens is 1.